The first-order valence-electron chi connectivity index (χ1n) is 8.45. The van der Waals surface area contributed by atoms with E-state index in [1.807, 2.05) is 36.4 Å². The number of fused-ring (bicyclic) bond motifs is 1. The molecule has 2 heterocycles. The van der Waals surface area contributed by atoms with Crippen LogP contribution >= 0.6 is 11.3 Å². The van der Waals surface area contributed by atoms with Crippen molar-refractivity contribution in [3.63, 3.8) is 0 Å². The fourth-order valence-electron chi connectivity index (χ4n) is 2.97. The summed E-state index contributed by atoms with van der Waals surface area (Å²) in [6, 6.07) is 16.3. The van der Waals surface area contributed by atoms with Crippen molar-refractivity contribution in [2.75, 3.05) is 7.11 Å². The third kappa shape index (κ3) is 3.27. The van der Waals surface area contributed by atoms with Crippen LogP contribution in [0.5, 0.6) is 5.75 Å². The van der Waals surface area contributed by atoms with Crippen LogP contribution in [0.4, 0.5) is 0 Å². The summed E-state index contributed by atoms with van der Waals surface area (Å²) in [4.78, 5) is 29.1. The van der Waals surface area contributed by atoms with E-state index in [0.717, 1.165) is 5.56 Å². The molecule has 0 spiro atoms. The molecule has 28 heavy (non-hydrogen) atoms. The zero-order chi connectivity index (χ0) is 19.7. The van der Waals surface area contributed by atoms with Gasteiger partial charge < -0.3 is 14.3 Å². The second kappa shape index (κ2) is 7.28. The fourth-order valence-corrected chi connectivity index (χ4v) is 4.05. The number of aliphatic carboxylic acids is 1. The number of hydrogen-bond donors (Lipinski definition) is 1. The van der Waals surface area contributed by atoms with E-state index in [4.69, 9.17) is 9.15 Å². The van der Waals surface area contributed by atoms with Crippen LogP contribution in [-0.4, -0.2) is 23.2 Å². The van der Waals surface area contributed by atoms with E-state index in [1.165, 1.54) is 18.4 Å². The predicted molar refractivity (Wildman–Crippen MR) is 107 cm³/mol. The van der Waals surface area contributed by atoms with Gasteiger partial charge in [-0.25, -0.2) is 9.78 Å². The van der Waals surface area contributed by atoms with Crippen LogP contribution in [0.25, 0.3) is 32.8 Å². The van der Waals surface area contributed by atoms with Gasteiger partial charge in [0.1, 0.15) is 5.01 Å². The first kappa shape index (κ1) is 17.9. The SMILES string of the molecule is COc1cccc2cc(-c3nc(-c4ccccc4)c(CC(=O)O)s3)c(=O)oc12. The van der Waals surface area contributed by atoms with Crippen LogP contribution in [0.15, 0.2) is 63.8 Å². The monoisotopic (exact) mass is 393 g/mol. The Morgan fingerprint density at radius 2 is 1.96 bits per heavy atom. The van der Waals surface area contributed by atoms with E-state index in [-0.39, 0.29) is 6.42 Å². The molecule has 0 saturated heterocycles. The number of carboxylic acids is 1. The van der Waals surface area contributed by atoms with Gasteiger partial charge in [0.2, 0.25) is 0 Å². The molecule has 1 N–H and O–H groups in total. The molecule has 0 fully saturated rings. The Morgan fingerprint density at radius 1 is 1.18 bits per heavy atom. The molecule has 0 amide bonds. The zero-order valence-corrected chi connectivity index (χ0v) is 15.7. The summed E-state index contributed by atoms with van der Waals surface area (Å²) in [6.45, 7) is 0. The predicted octanol–water partition coefficient (Wildman–Crippen LogP) is 4.22. The highest BCUT2D eigenvalue weighted by Crippen LogP contribution is 2.35. The number of hydrogen-bond acceptors (Lipinski definition) is 6. The van der Waals surface area contributed by atoms with Crippen LogP contribution in [-0.2, 0) is 11.2 Å². The van der Waals surface area contributed by atoms with Crippen LogP contribution in [0.2, 0.25) is 0 Å². The number of nitrogens with zero attached hydrogens (tertiary/aromatic N) is 1. The van der Waals surface area contributed by atoms with Gasteiger partial charge in [-0.05, 0) is 12.1 Å². The van der Waals surface area contributed by atoms with Gasteiger partial charge in [-0.1, -0.05) is 42.5 Å². The number of benzene rings is 2. The Bertz CT molecular complexity index is 1230. The minimum absolute atomic E-state index is 0.172. The summed E-state index contributed by atoms with van der Waals surface area (Å²) in [7, 11) is 1.51. The number of carboxylic acid groups (broad SMARTS) is 1. The van der Waals surface area contributed by atoms with E-state index in [9.17, 15) is 14.7 Å². The first-order valence-corrected chi connectivity index (χ1v) is 9.26. The van der Waals surface area contributed by atoms with Crippen molar-refractivity contribution in [3.05, 3.63) is 69.9 Å². The molecule has 0 aliphatic heterocycles. The summed E-state index contributed by atoms with van der Waals surface area (Å²) in [6.07, 6.45) is -0.172. The van der Waals surface area contributed by atoms with Gasteiger partial charge in [-0.3, -0.25) is 4.79 Å². The number of carbonyl (C=O) groups is 1. The number of aromatic nitrogens is 1. The topological polar surface area (TPSA) is 89.6 Å². The lowest BCUT2D eigenvalue weighted by Gasteiger charge is -2.04. The minimum atomic E-state index is -0.956. The van der Waals surface area contributed by atoms with E-state index in [2.05, 4.69) is 4.98 Å². The van der Waals surface area contributed by atoms with Gasteiger partial charge in [-0.15, -0.1) is 11.3 Å². The average molecular weight is 393 g/mol. The third-order valence-corrected chi connectivity index (χ3v) is 5.32. The summed E-state index contributed by atoms with van der Waals surface area (Å²) in [5, 5.41) is 10.4. The number of rotatable bonds is 5. The zero-order valence-electron chi connectivity index (χ0n) is 14.8. The largest absolute Gasteiger partial charge is 0.493 e. The lowest BCUT2D eigenvalue weighted by molar-refractivity contribution is -0.136. The van der Waals surface area contributed by atoms with Crippen molar-refractivity contribution in [3.8, 4) is 27.6 Å². The molecule has 0 unspecified atom stereocenters. The lowest BCUT2D eigenvalue weighted by Crippen LogP contribution is -2.03. The molecule has 4 aromatic rings. The van der Waals surface area contributed by atoms with Crippen LogP contribution in [0, 0.1) is 0 Å². The van der Waals surface area contributed by atoms with Crippen LogP contribution in [0.1, 0.15) is 4.88 Å². The fraction of sp³-hybridized carbons (Fsp3) is 0.0952. The van der Waals surface area contributed by atoms with E-state index in [1.54, 1.807) is 18.2 Å². The molecule has 0 bridgehead atoms. The second-order valence-electron chi connectivity index (χ2n) is 6.05. The highest BCUT2D eigenvalue weighted by molar-refractivity contribution is 7.15. The molecule has 7 heteroatoms. The molecule has 4 rings (SSSR count). The molecule has 0 saturated carbocycles. The standard InChI is InChI=1S/C21H15NO5S/c1-26-15-9-5-8-13-10-14(21(25)27-19(13)15)20-22-18(12-6-3-2-4-7-12)16(28-20)11-17(23)24/h2-10H,11H2,1H3,(H,23,24). The molecule has 0 atom stereocenters. The summed E-state index contributed by atoms with van der Waals surface area (Å²) >= 11 is 1.19. The summed E-state index contributed by atoms with van der Waals surface area (Å²) < 4.78 is 10.7. The molecule has 2 aromatic heterocycles. The quantitative estimate of drug-likeness (QED) is 0.511. The lowest BCUT2D eigenvalue weighted by atomic mass is 10.1. The van der Waals surface area contributed by atoms with Crippen molar-refractivity contribution < 1.29 is 19.1 Å². The Balaban J connectivity index is 1.90. The molecular formula is C21H15NO5S. The average Bonchev–Trinajstić information content (AvgIpc) is 3.10. The van der Waals surface area contributed by atoms with Crippen molar-refractivity contribution in [2.24, 2.45) is 0 Å². The van der Waals surface area contributed by atoms with E-state index >= 15 is 0 Å². The van der Waals surface area contributed by atoms with Gasteiger partial charge in [0, 0.05) is 15.8 Å². The Kier molecular flexibility index (Phi) is 4.67. The van der Waals surface area contributed by atoms with Crippen molar-refractivity contribution in [1.29, 1.82) is 0 Å². The van der Waals surface area contributed by atoms with Crippen molar-refractivity contribution >= 4 is 28.3 Å². The molecule has 0 radical (unpaired) electrons. The highest BCUT2D eigenvalue weighted by atomic mass is 32.1. The van der Waals surface area contributed by atoms with E-state index in [0.29, 0.717) is 37.9 Å². The molecule has 0 aliphatic rings. The number of thiazole rings is 1. The second-order valence-corrected chi connectivity index (χ2v) is 7.14. The Morgan fingerprint density at radius 3 is 2.68 bits per heavy atom. The number of ether oxygens (including phenoxy) is 1. The number of para-hydroxylation sites is 1. The van der Waals surface area contributed by atoms with Crippen LogP contribution < -0.4 is 10.4 Å². The van der Waals surface area contributed by atoms with Gasteiger partial charge in [-0.2, -0.15) is 0 Å². The van der Waals surface area contributed by atoms with Crippen LogP contribution in [0.3, 0.4) is 0 Å². The number of methoxy groups -OCH3 is 1. The molecular weight excluding hydrogens is 378 g/mol. The summed E-state index contributed by atoms with van der Waals surface area (Å²) in [5.41, 5.74) is 1.47. The Labute approximate surface area is 163 Å². The van der Waals surface area contributed by atoms with Gasteiger partial charge in [0.25, 0.3) is 0 Å². The van der Waals surface area contributed by atoms with Crippen molar-refractivity contribution in [2.45, 2.75) is 6.42 Å². The maximum Gasteiger partial charge on any atom is 0.346 e. The normalized spacial score (nSPS) is 10.9. The van der Waals surface area contributed by atoms with Gasteiger partial charge in [0.05, 0.1) is 24.8 Å². The van der Waals surface area contributed by atoms with Gasteiger partial charge >= 0.3 is 11.6 Å². The maximum absolute atomic E-state index is 12.6. The smallest absolute Gasteiger partial charge is 0.346 e. The molecule has 0 aliphatic carbocycles. The van der Waals surface area contributed by atoms with Crippen molar-refractivity contribution in [1.82, 2.24) is 4.98 Å². The Hall–Kier alpha value is -3.45. The molecule has 6 nitrogen and oxygen atoms in total. The highest BCUT2D eigenvalue weighted by Gasteiger charge is 2.20. The third-order valence-electron chi connectivity index (χ3n) is 4.23. The van der Waals surface area contributed by atoms with E-state index < -0.39 is 11.6 Å². The maximum atomic E-state index is 12.6. The minimum Gasteiger partial charge on any atom is -0.493 e. The van der Waals surface area contributed by atoms with Gasteiger partial charge in [0.15, 0.2) is 11.3 Å². The molecule has 2 aromatic carbocycles. The molecule has 140 valence electrons. The first-order chi connectivity index (χ1) is 13.6. The summed E-state index contributed by atoms with van der Waals surface area (Å²) in [5.74, 6) is -0.487.